The number of esters is 1. The van der Waals surface area contributed by atoms with Gasteiger partial charge in [-0.05, 0) is 60.7 Å². The van der Waals surface area contributed by atoms with Gasteiger partial charge >= 0.3 is 5.97 Å². The highest BCUT2D eigenvalue weighted by atomic mass is 79.9. The molecule has 1 aliphatic rings. The third-order valence-corrected chi connectivity index (χ3v) is 4.13. The smallest absolute Gasteiger partial charge is 0.308 e. The zero-order valence-corrected chi connectivity index (χ0v) is 13.4. The van der Waals surface area contributed by atoms with E-state index in [1.165, 1.54) is 0 Å². The summed E-state index contributed by atoms with van der Waals surface area (Å²) < 4.78 is 5.95. The summed E-state index contributed by atoms with van der Waals surface area (Å²) in [6.07, 6.45) is 3.89. The van der Waals surface area contributed by atoms with Crippen molar-refractivity contribution in [3.8, 4) is 0 Å². The molecule has 0 unspecified atom stereocenters. The maximum atomic E-state index is 11.7. The summed E-state index contributed by atoms with van der Waals surface area (Å²) in [5, 5.41) is 3.52. The van der Waals surface area contributed by atoms with Gasteiger partial charge in [-0.2, -0.15) is 0 Å². The van der Waals surface area contributed by atoms with Crippen LogP contribution in [0.3, 0.4) is 0 Å². The van der Waals surface area contributed by atoms with Crippen LogP contribution in [-0.2, 0) is 16.1 Å². The Morgan fingerprint density at radius 1 is 1.40 bits per heavy atom. The molecule has 0 amide bonds. The van der Waals surface area contributed by atoms with E-state index in [9.17, 15) is 4.79 Å². The second-order valence-electron chi connectivity index (χ2n) is 5.13. The summed E-state index contributed by atoms with van der Waals surface area (Å²) in [4.78, 5) is 16.1. The van der Waals surface area contributed by atoms with E-state index in [2.05, 4.69) is 26.2 Å². The fourth-order valence-electron chi connectivity index (χ4n) is 2.59. The highest BCUT2D eigenvalue weighted by Crippen LogP contribution is 2.25. The van der Waals surface area contributed by atoms with Crippen LogP contribution in [0.5, 0.6) is 0 Å². The zero-order valence-electron chi connectivity index (χ0n) is 11.8. The van der Waals surface area contributed by atoms with Crippen LogP contribution < -0.4 is 5.32 Å². The van der Waals surface area contributed by atoms with Gasteiger partial charge in [-0.1, -0.05) is 6.07 Å². The Morgan fingerprint density at radius 2 is 2.15 bits per heavy atom. The van der Waals surface area contributed by atoms with Crippen LogP contribution in [-0.4, -0.2) is 23.6 Å². The number of nitrogens with one attached hydrogen (secondary N) is 1. The molecule has 0 bridgehead atoms. The number of nitrogens with zero attached hydrogens (tertiary/aromatic N) is 1. The van der Waals surface area contributed by atoms with Gasteiger partial charge in [0.05, 0.1) is 18.2 Å². The summed E-state index contributed by atoms with van der Waals surface area (Å²) in [6, 6.07) is 6.41. The maximum absolute atomic E-state index is 11.7. The van der Waals surface area contributed by atoms with Crippen LogP contribution in [0.15, 0.2) is 22.8 Å². The summed E-state index contributed by atoms with van der Waals surface area (Å²) in [5.41, 5.74) is 1.03. The Balaban J connectivity index is 1.73. The average molecular weight is 341 g/mol. The minimum atomic E-state index is -0.0281. The predicted octanol–water partition coefficient (Wildman–Crippen LogP) is 3.06. The number of halogens is 1. The Hall–Kier alpha value is -0.940. The van der Waals surface area contributed by atoms with Gasteiger partial charge in [0.15, 0.2) is 0 Å². The van der Waals surface area contributed by atoms with Gasteiger partial charge in [0.2, 0.25) is 0 Å². The Bertz CT molecular complexity index is 445. The van der Waals surface area contributed by atoms with E-state index in [1.54, 1.807) is 0 Å². The van der Waals surface area contributed by atoms with Crippen LogP contribution in [0.1, 0.15) is 38.3 Å². The van der Waals surface area contributed by atoms with Gasteiger partial charge in [0, 0.05) is 12.6 Å². The molecular formula is C15H21BrN2O2. The maximum Gasteiger partial charge on any atom is 0.308 e. The fraction of sp³-hybridized carbons (Fsp3) is 0.600. The van der Waals surface area contributed by atoms with Gasteiger partial charge in [-0.15, -0.1) is 0 Å². The van der Waals surface area contributed by atoms with E-state index in [0.29, 0.717) is 12.6 Å². The highest BCUT2D eigenvalue weighted by molar-refractivity contribution is 9.10. The minimum Gasteiger partial charge on any atom is -0.466 e. The van der Waals surface area contributed by atoms with Crippen LogP contribution in [0, 0.1) is 5.92 Å². The highest BCUT2D eigenvalue weighted by Gasteiger charge is 2.26. The molecule has 1 aliphatic carbocycles. The van der Waals surface area contributed by atoms with Crippen LogP contribution >= 0.6 is 15.9 Å². The summed E-state index contributed by atoms with van der Waals surface area (Å²) in [6.45, 7) is 3.11. The van der Waals surface area contributed by atoms with Crippen molar-refractivity contribution in [3.63, 3.8) is 0 Å². The summed E-state index contributed by atoms with van der Waals surface area (Å²) in [5.74, 6) is 0.0663. The number of rotatable bonds is 5. The lowest BCUT2D eigenvalue weighted by atomic mass is 9.86. The molecule has 1 fully saturated rings. The number of carbonyl (C=O) groups excluding carboxylic acids is 1. The summed E-state index contributed by atoms with van der Waals surface area (Å²) >= 11 is 3.38. The number of pyridine rings is 1. The van der Waals surface area contributed by atoms with Gasteiger partial charge in [0.1, 0.15) is 4.60 Å². The molecule has 1 saturated carbocycles. The first-order valence-electron chi connectivity index (χ1n) is 7.20. The lowest BCUT2D eigenvalue weighted by Gasteiger charge is -2.27. The Kier molecular flexibility index (Phi) is 5.98. The van der Waals surface area contributed by atoms with Crippen molar-refractivity contribution in [3.05, 3.63) is 28.5 Å². The average Bonchev–Trinajstić information content (AvgIpc) is 2.46. The molecule has 5 heteroatoms. The van der Waals surface area contributed by atoms with Crippen LogP contribution in [0.2, 0.25) is 0 Å². The second kappa shape index (κ2) is 7.74. The molecule has 1 aromatic heterocycles. The number of hydrogen-bond acceptors (Lipinski definition) is 4. The van der Waals surface area contributed by atoms with Gasteiger partial charge < -0.3 is 10.1 Å². The standard InChI is InChI=1S/C15H21BrN2O2/c1-2-20-15(19)11-6-8-12(9-7-11)17-10-13-4-3-5-14(16)18-13/h3-5,11-12,17H,2,6-10H2,1H3. The minimum absolute atomic E-state index is 0.0281. The predicted molar refractivity (Wildman–Crippen MR) is 81.2 cm³/mol. The van der Waals surface area contributed by atoms with E-state index in [4.69, 9.17) is 4.74 Å². The van der Waals surface area contributed by atoms with Crippen molar-refractivity contribution in [1.82, 2.24) is 10.3 Å². The van der Waals surface area contributed by atoms with E-state index in [0.717, 1.165) is 42.5 Å². The van der Waals surface area contributed by atoms with Crippen molar-refractivity contribution in [2.45, 2.75) is 45.2 Å². The topological polar surface area (TPSA) is 51.2 Å². The molecule has 1 N–H and O–H groups in total. The summed E-state index contributed by atoms with van der Waals surface area (Å²) in [7, 11) is 0. The van der Waals surface area contributed by atoms with Crippen molar-refractivity contribution >= 4 is 21.9 Å². The van der Waals surface area contributed by atoms with Gasteiger partial charge in [-0.25, -0.2) is 4.98 Å². The van der Waals surface area contributed by atoms with Crippen LogP contribution in [0.4, 0.5) is 0 Å². The third kappa shape index (κ3) is 4.56. The molecule has 0 radical (unpaired) electrons. The van der Waals surface area contributed by atoms with E-state index in [-0.39, 0.29) is 11.9 Å². The van der Waals surface area contributed by atoms with Crippen molar-refractivity contribution in [2.75, 3.05) is 6.61 Å². The molecule has 0 saturated heterocycles. The van der Waals surface area contributed by atoms with Crippen molar-refractivity contribution in [1.29, 1.82) is 0 Å². The van der Waals surface area contributed by atoms with E-state index < -0.39 is 0 Å². The van der Waals surface area contributed by atoms with Gasteiger partial charge in [-0.3, -0.25) is 4.79 Å². The lowest BCUT2D eigenvalue weighted by molar-refractivity contribution is -0.149. The quantitative estimate of drug-likeness (QED) is 0.661. The first-order chi connectivity index (χ1) is 9.69. The number of aromatic nitrogens is 1. The van der Waals surface area contributed by atoms with E-state index >= 15 is 0 Å². The van der Waals surface area contributed by atoms with E-state index in [1.807, 2.05) is 25.1 Å². The number of ether oxygens (including phenoxy) is 1. The molecule has 1 aromatic rings. The molecule has 0 aliphatic heterocycles. The SMILES string of the molecule is CCOC(=O)C1CCC(NCc2cccc(Br)n2)CC1. The molecular weight excluding hydrogens is 320 g/mol. The van der Waals surface area contributed by atoms with Crippen molar-refractivity contribution < 1.29 is 9.53 Å². The van der Waals surface area contributed by atoms with Crippen LogP contribution in [0.25, 0.3) is 0 Å². The lowest BCUT2D eigenvalue weighted by Crippen LogP contribution is -2.35. The first-order valence-corrected chi connectivity index (χ1v) is 7.99. The van der Waals surface area contributed by atoms with Gasteiger partial charge in [0.25, 0.3) is 0 Å². The largest absolute Gasteiger partial charge is 0.466 e. The Labute approximate surface area is 128 Å². The molecule has 0 spiro atoms. The zero-order chi connectivity index (χ0) is 14.4. The molecule has 4 nitrogen and oxygen atoms in total. The number of carbonyl (C=O) groups is 1. The number of hydrogen-bond donors (Lipinski definition) is 1. The molecule has 0 aromatic carbocycles. The second-order valence-corrected chi connectivity index (χ2v) is 5.95. The third-order valence-electron chi connectivity index (χ3n) is 3.69. The normalized spacial score (nSPS) is 22.5. The monoisotopic (exact) mass is 340 g/mol. The molecule has 110 valence electrons. The van der Waals surface area contributed by atoms with Crippen molar-refractivity contribution in [2.24, 2.45) is 5.92 Å². The first kappa shape index (κ1) is 15.4. The Morgan fingerprint density at radius 3 is 2.80 bits per heavy atom. The molecule has 20 heavy (non-hydrogen) atoms. The molecule has 2 rings (SSSR count). The molecule has 0 atom stereocenters. The fourth-order valence-corrected chi connectivity index (χ4v) is 2.97. The molecule has 1 heterocycles.